The Morgan fingerprint density at radius 3 is 2.50 bits per heavy atom. The monoisotopic (exact) mass is 520 g/mol. The minimum Gasteiger partial charge on any atom is -0.379 e. The van der Waals surface area contributed by atoms with Gasteiger partial charge in [-0.05, 0) is 56.7 Å². The molecule has 2 aromatic heterocycles. The molecule has 0 radical (unpaired) electrons. The van der Waals surface area contributed by atoms with Crippen LogP contribution in [0.2, 0.25) is 0 Å². The van der Waals surface area contributed by atoms with Crippen molar-refractivity contribution >= 4 is 28.3 Å². The van der Waals surface area contributed by atoms with Gasteiger partial charge >= 0.3 is 0 Å². The summed E-state index contributed by atoms with van der Waals surface area (Å²) in [4.78, 5) is 30.3. The van der Waals surface area contributed by atoms with Crippen LogP contribution in [0.4, 0.5) is 10.1 Å². The fourth-order valence-corrected chi connectivity index (χ4v) is 4.96. The molecule has 1 amide bonds. The third kappa shape index (κ3) is 5.40. The summed E-state index contributed by atoms with van der Waals surface area (Å²) in [5, 5.41) is 9.34. The SMILES string of the molecule is CC(C)OCCCn1c(=O)c2ccccc2n2c(CCC(=O)N3CCN(c4ccc(F)cc4)CC3)nnc12. The largest absolute Gasteiger partial charge is 0.379 e. The first-order valence-electron chi connectivity index (χ1n) is 13.2. The van der Waals surface area contributed by atoms with Crippen molar-refractivity contribution in [1.29, 1.82) is 0 Å². The zero-order valence-electron chi connectivity index (χ0n) is 21.8. The van der Waals surface area contributed by atoms with Gasteiger partial charge in [-0.25, -0.2) is 4.39 Å². The molecule has 0 spiro atoms. The quantitative estimate of drug-likeness (QED) is 0.315. The van der Waals surface area contributed by atoms with E-state index in [0.717, 1.165) is 11.2 Å². The molecular weight excluding hydrogens is 487 g/mol. The maximum Gasteiger partial charge on any atom is 0.262 e. The summed E-state index contributed by atoms with van der Waals surface area (Å²) < 4.78 is 22.4. The number of rotatable bonds is 9. The Morgan fingerprint density at radius 1 is 1.03 bits per heavy atom. The van der Waals surface area contributed by atoms with E-state index in [4.69, 9.17) is 4.74 Å². The summed E-state index contributed by atoms with van der Waals surface area (Å²) in [6.45, 7) is 7.60. The second-order valence-electron chi connectivity index (χ2n) is 9.84. The average Bonchev–Trinajstić information content (AvgIpc) is 3.35. The number of aromatic nitrogens is 4. The average molecular weight is 521 g/mol. The van der Waals surface area contributed by atoms with Gasteiger partial charge in [0.05, 0.1) is 17.0 Å². The van der Waals surface area contributed by atoms with Crippen LogP contribution in [-0.4, -0.2) is 68.9 Å². The highest BCUT2D eigenvalue weighted by molar-refractivity contribution is 5.80. The van der Waals surface area contributed by atoms with E-state index in [0.29, 0.717) is 75.6 Å². The number of hydrogen-bond acceptors (Lipinski definition) is 6. The summed E-state index contributed by atoms with van der Waals surface area (Å²) in [7, 11) is 0. The summed E-state index contributed by atoms with van der Waals surface area (Å²) in [6, 6.07) is 13.9. The van der Waals surface area contributed by atoms with Gasteiger partial charge in [-0.3, -0.25) is 18.6 Å². The van der Waals surface area contributed by atoms with Crippen molar-refractivity contribution in [2.75, 3.05) is 37.7 Å². The maximum atomic E-state index is 13.3. The van der Waals surface area contributed by atoms with Gasteiger partial charge in [-0.15, -0.1) is 10.2 Å². The molecule has 0 unspecified atom stereocenters. The first-order chi connectivity index (χ1) is 18.4. The van der Waals surface area contributed by atoms with Crippen LogP contribution in [0, 0.1) is 5.82 Å². The van der Waals surface area contributed by atoms with Gasteiger partial charge in [0.2, 0.25) is 11.7 Å². The maximum absolute atomic E-state index is 13.3. The zero-order valence-corrected chi connectivity index (χ0v) is 21.8. The number of hydrogen-bond donors (Lipinski definition) is 0. The molecule has 10 heteroatoms. The molecule has 0 saturated carbocycles. The van der Waals surface area contributed by atoms with Gasteiger partial charge in [0, 0.05) is 57.9 Å². The Kier molecular flexibility index (Phi) is 7.69. The van der Waals surface area contributed by atoms with Gasteiger partial charge in [0.15, 0.2) is 0 Å². The standard InChI is InChI=1S/C28H33FN6O3/c1-20(2)38-19-5-14-34-27(37)23-6-3-4-7-24(23)35-25(30-31-28(34)35)12-13-26(36)33-17-15-32(16-18-33)22-10-8-21(29)9-11-22/h3-4,6-11,20H,5,12-19H2,1-2H3. The number of carbonyl (C=O) groups is 1. The molecule has 1 aliphatic rings. The fraction of sp³-hybridized carbons (Fsp3) is 0.429. The minimum absolute atomic E-state index is 0.0592. The molecule has 0 bridgehead atoms. The van der Waals surface area contributed by atoms with Crippen LogP contribution >= 0.6 is 0 Å². The van der Waals surface area contributed by atoms with E-state index in [-0.39, 0.29) is 23.4 Å². The topological polar surface area (TPSA) is 85.0 Å². The van der Waals surface area contributed by atoms with E-state index in [9.17, 15) is 14.0 Å². The summed E-state index contributed by atoms with van der Waals surface area (Å²) in [6.07, 6.45) is 1.52. The van der Waals surface area contributed by atoms with Crippen molar-refractivity contribution in [1.82, 2.24) is 24.1 Å². The minimum atomic E-state index is -0.256. The number of piperazine rings is 1. The van der Waals surface area contributed by atoms with Crippen LogP contribution in [0.3, 0.4) is 0 Å². The second-order valence-corrected chi connectivity index (χ2v) is 9.84. The number of fused-ring (bicyclic) bond motifs is 3. The molecule has 0 N–H and O–H groups in total. The Hall–Kier alpha value is -3.79. The normalized spacial score (nSPS) is 14.2. The molecular formula is C28H33FN6O3. The number of aryl methyl sites for hydroxylation is 2. The van der Waals surface area contributed by atoms with Crippen molar-refractivity contribution in [3.8, 4) is 0 Å². The van der Waals surface area contributed by atoms with Gasteiger partial charge in [0.25, 0.3) is 5.56 Å². The van der Waals surface area contributed by atoms with Crippen LogP contribution in [0.5, 0.6) is 0 Å². The van der Waals surface area contributed by atoms with E-state index >= 15 is 0 Å². The molecule has 5 rings (SSSR count). The first kappa shape index (κ1) is 25.8. The first-order valence-corrected chi connectivity index (χ1v) is 13.2. The molecule has 4 aromatic rings. The lowest BCUT2D eigenvalue weighted by Gasteiger charge is -2.36. The smallest absolute Gasteiger partial charge is 0.262 e. The molecule has 200 valence electrons. The lowest BCUT2D eigenvalue weighted by molar-refractivity contribution is -0.131. The molecule has 2 aromatic carbocycles. The number of benzene rings is 2. The van der Waals surface area contributed by atoms with Crippen LogP contribution in [0.1, 0.15) is 32.5 Å². The lowest BCUT2D eigenvalue weighted by Crippen LogP contribution is -2.48. The lowest BCUT2D eigenvalue weighted by atomic mass is 10.2. The molecule has 3 heterocycles. The number of para-hydroxylation sites is 1. The summed E-state index contributed by atoms with van der Waals surface area (Å²) >= 11 is 0. The summed E-state index contributed by atoms with van der Waals surface area (Å²) in [5.74, 6) is 0.938. The number of nitrogens with zero attached hydrogens (tertiary/aromatic N) is 6. The third-order valence-corrected chi connectivity index (χ3v) is 6.94. The van der Waals surface area contributed by atoms with Crippen molar-refractivity contribution < 1.29 is 13.9 Å². The Morgan fingerprint density at radius 2 is 1.76 bits per heavy atom. The van der Waals surface area contributed by atoms with Gasteiger partial charge in [0.1, 0.15) is 11.6 Å². The third-order valence-electron chi connectivity index (χ3n) is 6.94. The van der Waals surface area contributed by atoms with Gasteiger partial charge in [-0.1, -0.05) is 12.1 Å². The van der Waals surface area contributed by atoms with Crippen molar-refractivity contribution in [3.05, 3.63) is 70.5 Å². The Labute approximate surface area is 220 Å². The van der Waals surface area contributed by atoms with Crippen molar-refractivity contribution in [2.24, 2.45) is 0 Å². The molecule has 1 fully saturated rings. The van der Waals surface area contributed by atoms with E-state index in [1.807, 2.05) is 47.4 Å². The molecule has 0 atom stereocenters. The van der Waals surface area contributed by atoms with Crippen LogP contribution in [0.25, 0.3) is 16.7 Å². The van der Waals surface area contributed by atoms with Crippen molar-refractivity contribution in [3.63, 3.8) is 0 Å². The molecule has 1 aliphatic heterocycles. The van der Waals surface area contributed by atoms with Crippen LogP contribution < -0.4 is 10.5 Å². The molecule has 0 aliphatic carbocycles. The van der Waals surface area contributed by atoms with E-state index in [2.05, 4.69) is 15.1 Å². The number of halogens is 1. The van der Waals surface area contributed by atoms with Crippen molar-refractivity contribution in [2.45, 2.75) is 45.8 Å². The Balaban J connectivity index is 1.29. The number of anilines is 1. The predicted molar refractivity (Wildman–Crippen MR) is 144 cm³/mol. The highest BCUT2D eigenvalue weighted by atomic mass is 19.1. The molecule has 9 nitrogen and oxygen atoms in total. The Bertz CT molecular complexity index is 1470. The fourth-order valence-electron chi connectivity index (χ4n) is 4.96. The highest BCUT2D eigenvalue weighted by Crippen LogP contribution is 2.19. The van der Waals surface area contributed by atoms with Crippen LogP contribution in [0.15, 0.2) is 53.3 Å². The van der Waals surface area contributed by atoms with Gasteiger partial charge < -0.3 is 14.5 Å². The zero-order chi connectivity index (χ0) is 26.6. The molecule has 38 heavy (non-hydrogen) atoms. The number of carbonyl (C=O) groups excluding carboxylic acids is 1. The number of amides is 1. The molecule has 1 saturated heterocycles. The van der Waals surface area contributed by atoms with Gasteiger partial charge in [-0.2, -0.15) is 0 Å². The number of ether oxygens (including phenoxy) is 1. The second kappa shape index (κ2) is 11.3. The summed E-state index contributed by atoms with van der Waals surface area (Å²) in [5.41, 5.74) is 1.59. The predicted octanol–water partition coefficient (Wildman–Crippen LogP) is 3.28. The van der Waals surface area contributed by atoms with E-state index in [1.54, 1.807) is 16.7 Å². The highest BCUT2D eigenvalue weighted by Gasteiger charge is 2.23. The van der Waals surface area contributed by atoms with E-state index < -0.39 is 0 Å². The van der Waals surface area contributed by atoms with Crippen LogP contribution in [-0.2, 0) is 22.5 Å². The van der Waals surface area contributed by atoms with E-state index in [1.165, 1.54) is 12.1 Å².